The lowest BCUT2D eigenvalue weighted by atomic mass is 9.75. The third-order valence-corrected chi connectivity index (χ3v) is 4.11. The first-order valence-corrected chi connectivity index (χ1v) is 8.54. The van der Waals surface area contributed by atoms with Gasteiger partial charge in [0.2, 0.25) is 0 Å². The van der Waals surface area contributed by atoms with E-state index in [9.17, 15) is 19.2 Å². The van der Waals surface area contributed by atoms with Crippen molar-refractivity contribution in [2.24, 2.45) is 11.8 Å². The number of hydrogen-bond donors (Lipinski definition) is 0. The Morgan fingerprint density at radius 1 is 1.20 bits per heavy atom. The maximum absolute atomic E-state index is 12.2. The Kier molecular flexibility index (Phi) is 8.31. The van der Waals surface area contributed by atoms with Crippen molar-refractivity contribution in [1.82, 2.24) is 0 Å². The van der Waals surface area contributed by atoms with Gasteiger partial charge in [-0.05, 0) is 39.0 Å². The average Bonchev–Trinajstić information content (AvgIpc) is 2.53. The van der Waals surface area contributed by atoms with Crippen LogP contribution in [0.3, 0.4) is 0 Å². The molecule has 0 amide bonds. The Hall–Kier alpha value is -2.18. The fourth-order valence-corrected chi connectivity index (χ4v) is 3.03. The van der Waals surface area contributed by atoms with Crippen molar-refractivity contribution >= 4 is 23.7 Å². The number of ketones is 1. The van der Waals surface area contributed by atoms with Gasteiger partial charge in [-0.25, -0.2) is 4.79 Å². The van der Waals surface area contributed by atoms with Crippen LogP contribution >= 0.6 is 0 Å². The van der Waals surface area contributed by atoms with Crippen LogP contribution in [0.4, 0.5) is 0 Å². The highest BCUT2D eigenvalue weighted by atomic mass is 16.6. The molecular weight excluding hydrogens is 328 g/mol. The molecule has 7 heteroatoms. The molecule has 1 aliphatic carbocycles. The first-order chi connectivity index (χ1) is 11.8. The van der Waals surface area contributed by atoms with Crippen LogP contribution in [0.1, 0.15) is 46.5 Å². The van der Waals surface area contributed by atoms with Crippen molar-refractivity contribution in [2.45, 2.75) is 52.6 Å². The van der Waals surface area contributed by atoms with Crippen LogP contribution in [0, 0.1) is 11.8 Å². The van der Waals surface area contributed by atoms with Crippen LogP contribution in [0.5, 0.6) is 0 Å². The molecule has 0 heterocycles. The molecule has 0 spiro atoms. The molecule has 0 aliphatic heterocycles. The van der Waals surface area contributed by atoms with Gasteiger partial charge in [-0.1, -0.05) is 6.58 Å². The maximum Gasteiger partial charge on any atom is 0.337 e. The first kappa shape index (κ1) is 20.9. The standard InChI is InChI=1S/C18H26O7/c1-5-23-17(21)11(3)15(25-12(4)19)10-13-8-7-9-14(20)16(13)18(22)24-6-2/h13,15-16H,3,5-10H2,1-2,4H3. The lowest BCUT2D eigenvalue weighted by molar-refractivity contribution is -0.156. The minimum atomic E-state index is -0.940. The molecule has 0 bridgehead atoms. The zero-order chi connectivity index (χ0) is 19.0. The average molecular weight is 354 g/mol. The fraction of sp³-hybridized carbons (Fsp3) is 0.667. The van der Waals surface area contributed by atoms with Gasteiger partial charge in [-0.3, -0.25) is 14.4 Å². The number of ether oxygens (including phenoxy) is 3. The van der Waals surface area contributed by atoms with Crippen LogP contribution in [0.15, 0.2) is 12.2 Å². The predicted molar refractivity (Wildman–Crippen MR) is 88.4 cm³/mol. The topological polar surface area (TPSA) is 96.0 Å². The largest absolute Gasteiger partial charge is 0.465 e. The van der Waals surface area contributed by atoms with E-state index in [0.717, 1.165) is 0 Å². The van der Waals surface area contributed by atoms with Gasteiger partial charge in [0.05, 0.1) is 18.8 Å². The Labute approximate surface area is 147 Å². The summed E-state index contributed by atoms with van der Waals surface area (Å²) in [5, 5.41) is 0. The predicted octanol–water partition coefficient (Wildman–Crippen LogP) is 1.98. The molecule has 1 fully saturated rings. The Morgan fingerprint density at radius 2 is 1.84 bits per heavy atom. The summed E-state index contributed by atoms with van der Waals surface area (Å²) in [6.07, 6.45) is 0.759. The third kappa shape index (κ3) is 5.99. The first-order valence-electron chi connectivity index (χ1n) is 8.54. The molecule has 25 heavy (non-hydrogen) atoms. The minimum Gasteiger partial charge on any atom is -0.465 e. The highest BCUT2D eigenvalue weighted by molar-refractivity contribution is 5.99. The van der Waals surface area contributed by atoms with Crippen molar-refractivity contribution < 1.29 is 33.4 Å². The van der Waals surface area contributed by atoms with Crippen LogP contribution < -0.4 is 0 Å². The van der Waals surface area contributed by atoms with Crippen LogP contribution in [-0.2, 0) is 33.4 Å². The Morgan fingerprint density at radius 3 is 2.40 bits per heavy atom. The number of hydrogen-bond acceptors (Lipinski definition) is 7. The lowest BCUT2D eigenvalue weighted by Gasteiger charge is -2.31. The highest BCUT2D eigenvalue weighted by Crippen LogP contribution is 2.34. The van der Waals surface area contributed by atoms with E-state index < -0.39 is 29.9 Å². The van der Waals surface area contributed by atoms with E-state index in [1.165, 1.54) is 6.92 Å². The van der Waals surface area contributed by atoms with Gasteiger partial charge in [0.1, 0.15) is 17.8 Å². The van der Waals surface area contributed by atoms with Gasteiger partial charge in [0.25, 0.3) is 0 Å². The Balaban J connectivity index is 2.96. The molecule has 140 valence electrons. The van der Waals surface area contributed by atoms with E-state index in [1.807, 2.05) is 0 Å². The molecule has 1 saturated carbocycles. The van der Waals surface area contributed by atoms with Crippen molar-refractivity contribution in [1.29, 1.82) is 0 Å². The summed E-state index contributed by atoms with van der Waals surface area (Å²) in [5.74, 6) is -3.27. The van der Waals surface area contributed by atoms with Crippen molar-refractivity contribution in [2.75, 3.05) is 13.2 Å². The van der Waals surface area contributed by atoms with Crippen LogP contribution in [0.25, 0.3) is 0 Å². The van der Waals surface area contributed by atoms with E-state index in [0.29, 0.717) is 19.3 Å². The summed E-state index contributed by atoms with van der Waals surface area (Å²) in [7, 11) is 0. The van der Waals surface area contributed by atoms with Crippen molar-refractivity contribution in [3.63, 3.8) is 0 Å². The van der Waals surface area contributed by atoms with Gasteiger partial charge in [0.15, 0.2) is 0 Å². The number of esters is 3. The van der Waals surface area contributed by atoms with E-state index in [-0.39, 0.29) is 36.9 Å². The Bertz CT molecular complexity index is 538. The normalized spacial score (nSPS) is 21.2. The van der Waals surface area contributed by atoms with E-state index in [4.69, 9.17) is 14.2 Å². The molecule has 0 N–H and O–H groups in total. The fourth-order valence-electron chi connectivity index (χ4n) is 3.03. The third-order valence-electron chi connectivity index (χ3n) is 4.11. The van der Waals surface area contributed by atoms with Gasteiger partial charge in [0, 0.05) is 13.3 Å². The second-order valence-electron chi connectivity index (χ2n) is 5.93. The molecule has 0 radical (unpaired) electrons. The minimum absolute atomic E-state index is 0.00215. The summed E-state index contributed by atoms with van der Waals surface area (Å²) >= 11 is 0. The molecule has 1 aliphatic rings. The molecule has 0 aromatic carbocycles. The van der Waals surface area contributed by atoms with Gasteiger partial charge < -0.3 is 14.2 Å². The van der Waals surface area contributed by atoms with E-state index in [1.54, 1.807) is 13.8 Å². The molecular formula is C18H26O7. The monoisotopic (exact) mass is 354 g/mol. The van der Waals surface area contributed by atoms with Gasteiger partial charge >= 0.3 is 17.9 Å². The summed E-state index contributed by atoms with van der Waals surface area (Å²) in [6.45, 7) is 8.56. The van der Waals surface area contributed by atoms with Crippen molar-refractivity contribution in [3.05, 3.63) is 12.2 Å². The quantitative estimate of drug-likeness (QED) is 0.284. The van der Waals surface area contributed by atoms with Gasteiger partial charge in [-0.15, -0.1) is 0 Å². The molecule has 1 rings (SSSR count). The zero-order valence-electron chi connectivity index (χ0n) is 15.0. The molecule has 7 nitrogen and oxygen atoms in total. The second kappa shape index (κ2) is 9.96. The van der Waals surface area contributed by atoms with Gasteiger partial charge in [-0.2, -0.15) is 0 Å². The number of carbonyl (C=O) groups is 4. The number of carbonyl (C=O) groups excluding carboxylic acids is 4. The molecule has 0 aromatic rings. The smallest absolute Gasteiger partial charge is 0.337 e. The lowest BCUT2D eigenvalue weighted by Crippen LogP contribution is -2.39. The summed E-state index contributed by atoms with van der Waals surface area (Å²) in [6, 6.07) is 0. The van der Waals surface area contributed by atoms with E-state index >= 15 is 0 Å². The van der Waals surface area contributed by atoms with E-state index in [2.05, 4.69) is 6.58 Å². The summed E-state index contributed by atoms with van der Waals surface area (Å²) in [4.78, 5) is 47.7. The SMILES string of the molecule is C=C(C(=O)OCC)C(CC1CCCC(=O)C1C(=O)OCC)OC(C)=O. The highest BCUT2D eigenvalue weighted by Gasteiger charge is 2.41. The molecule has 0 saturated heterocycles. The summed E-state index contributed by atoms with van der Waals surface area (Å²) < 4.78 is 15.1. The number of Topliss-reactive ketones (excluding diaryl/α,β-unsaturated/α-hetero) is 1. The number of rotatable bonds is 8. The second-order valence-corrected chi connectivity index (χ2v) is 5.93. The van der Waals surface area contributed by atoms with Crippen LogP contribution in [-0.4, -0.2) is 43.0 Å². The molecule has 3 unspecified atom stereocenters. The maximum atomic E-state index is 12.2. The van der Waals surface area contributed by atoms with Crippen LogP contribution in [0.2, 0.25) is 0 Å². The zero-order valence-corrected chi connectivity index (χ0v) is 15.0. The summed E-state index contributed by atoms with van der Waals surface area (Å²) in [5.41, 5.74) is -0.00215. The molecule has 3 atom stereocenters. The molecule has 0 aromatic heterocycles. The van der Waals surface area contributed by atoms with Crippen molar-refractivity contribution in [3.8, 4) is 0 Å².